The molecule has 0 bridgehead atoms. The predicted octanol–water partition coefficient (Wildman–Crippen LogP) is 17.7. The molecule has 0 radical (unpaired) electrons. The molecule has 0 spiro atoms. The van der Waals surface area contributed by atoms with Crippen molar-refractivity contribution in [2.75, 3.05) is 0 Å². The molecule has 12 aromatic carbocycles. The number of hydrogen-bond acceptors (Lipinski definition) is 1. The lowest BCUT2D eigenvalue weighted by atomic mass is 9.80. The number of rotatable bonds is 5. The molecule has 0 fully saturated rings. The van der Waals surface area contributed by atoms with Gasteiger partial charge in [-0.25, -0.2) is 0 Å². The minimum atomic E-state index is -0.000379. The summed E-state index contributed by atoms with van der Waals surface area (Å²) >= 11 is 0. The minimum Gasteiger partial charge on any atom is -0.456 e. The van der Waals surface area contributed by atoms with Gasteiger partial charge in [-0.2, -0.15) is 0 Å². The monoisotopic (exact) mass is 851 g/mol. The lowest BCUT2D eigenvalue weighted by Crippen LogP contribution is -2.12. The van der Waals surface area contributed by atoms with Crippen molar-refractivity contribution in [2.45, 2.75) is 5.92 Å². The van der Waals surface area contributed by atoms with E-state index < -0.39 is 0 Å². The summed E-state index contributed by atoms with van der Waals surface area (Å²) in [5, 5.41) is 12.2. The molecular weight excluding hydrogens is 811 g/mol. The third kappa shape index (κ3) is 6.04. The van der Waals surface area contributed by atoms with Crippen LogP contribution in [0.4, 0.5) is 0 Å². The van der Waals surface area contributed by atoms with Gasteiger partial charge in [0.2, 0.25) is 0 Å². The quantitative estimate of drug-likeness (QED) is 0.168. The van der Waals surface area contributed by atoms with Gasteiger partial charge in [0.25, 0.3) is 0 Å². The van der Waals surface area contributed by atoms with Crippen LogP contribution in [0.15, 0.2) is 243 Å². The number of nitrogens with zero attached hydrogens (tertiary/aromatic N) is 1. The first-order valence-electron chi connectivity index (χ1n) is 23.2. The van der Waals surface area contributed by atoms with Crippen molar-refractivity contribution in [1.29, 1.82) is 0 Å². The molecule has 2 heteroatoms. The molecule has 0 amide bonds. The SMILES string of the molecule is c1ccc(-c2ccc3cc(-n4c5ccc(-c6ccc7c(c6)Oc6c(ccc8ccccc68)C7c6ccc(-c7cccc8ccccc78)cc6)cc5c5ccc6ccccc6c54)ccc3c2)cc1. The summed E-state index contributed by atoms with van der Waals surface area (Å²) in [7, 11) is 0. The van der Waals surface area contributed by atoms with Crippen molar-refractivity contribution in [2.24, 2.45) is 0 Å². The van der Waals surface area contributed by atoms with Gasteiger partial charge in [-0.05, 0) is 108 Å². The number of hydrogen-bond donors (Lipinski definition) is 0. The number of aromatic nitrogens is 1. The van der Waals surface area contributed by atoms with Crippen LogP contribution in [-0.2, 0) is 0 Å². The van der Waals surface area contributed by atoms with E-state index in [1.54, 1.807) is 0 Å². The van der Waals surface area contributed by atoms with Gasteiger partial charge in [0, 0.05) is 44.3 Å². The highest BCUT2D eigenvalue weighted by molar-refractivity contribution is 6.19. The largest absolute Gasteiger partial charge is 0.456 e. The van der Waals surface area contributed by atoms with Gasteiger partial charge in [-0.15, -0.1) is 0 Å². The third-order valence-electron chi connectivity index (χ3n) is 14.3. The fourth-order valence-corrected chi connectivity index (χ4v) is 11.0. The van der Waals surface area contributed by atoms with Crippen molar-refractivity contribution in [3.63, 3.8) is 0 Å². The van der Waals surface area contributed by atoms with Crippen LogP contribution in [-0.4, -0.2) is 4.57 Å². The number of ether oxygens (including phenoxy) is 1. The Balaban J connectivity index is 0.901. The van der Waals surface area contributed by atoms with Crippen molar-refractivity contribution >= 4 is 64.9 Å². The van der Waals surface area contributed by atoms with Crippen LogP contribution in [0.3, 0.4) is 0 Å². The Bertz CT molecular complexity index is 4120. The second-order valence-electron chi connectivity index (χ2n) is 18.0. The average molecular weight is 852 g/mol. The highest BCUT2D eigenvalue weighted by Gasteiger charge is 2.31. The first-order chi connectivity index (χ1) is 33.2. The van der Waals surface area contributed by atoms with E-state index in [2.05, 4.69) is 247 Å². The molecular formula is C65H41NO. The molecule has 0 aliphatic carbocycles. The first kappa shape index (κ1) is 37.6. The van der Waals surface area contributed by atoms with Crippen LogP contribution in [0.1, 0.15) is 22.6 Å². The van der Waals surface area contributed by atoms with Gasteiger partial charge in [-0.1, -0.05) is 206 Å². The Morgan fingerprint density at radius 3 is 1.78 bits per heavy atom. The van der Waals surface area contributed by atoms with Gasteiger partial charge in [0.15, 0.2) is 0 Å². The van der Waals surface area contributed by atoms with E-state index in [0.717, 1.165) is 33.7 Å². The van der Waals surface area contributed by atoms with Crippen LogP contribution in [0.5, 0.6) is 11.5 Å². The zero-order valence-electron chi connectivity index (χ0n) is 36.5. The van der Waals surface area contributed by atoms with Gasteiger partial charge in [0.05, 0.1) is 11.0 Å². The molecule has 0 N–H and O–H groups in total. The molecule has 1 aromatic heterocycles. The van der Waals surface area contributed by atoms with Crippen molar-refractivity contribution in [1.82, 2.24) is 4.57 Å². The average Bonchev–Trinajstić information content (AvgIpc) is 3.74. The van der Waals surface area contributed by atoms with Crippen LogP contribution in [0.25, 0.3) is 104 Å². The van der Waals surface area contributed by atoms with Crippen molar-refractivity contribution in [3.05, 3.63) is 259 Å². The maximum atomic E-state index is 7.08. The summed E-state index contributed by atoms with van der Waals surface area (Å²) in [6, 6.07) is 89.0. The Morgan fingerprint density at radius 2 is 0.925 bits per heavy atom. The lowest BCUT2D eigenvalue weighted by Gasteiger charge is -2.30. The first-order valence-corrected chi connectivity index (χ1v) is 23.2. The Morgan fingerprint density at radius 1 is 0.328 bits per heavy atom. The molecule has 2 nitrogen and oxygen atoms in total. The molecule has 13 aromatic rings. The van der Waals surface area contributed by atoms with Gasteiger partial charge in [0.1, 0.15) is 11.5 Å². The van der Waals surface area contributed by atoms with Gasteiger partial charge < -0.3 is 9.30 Å². The summed E-state index contributed by atoms with van der Waals surface area (Å²) in [6.45, 7) is 0. The molecule has 312 valence electrons. The molecule has 1 aliphatic heterocycles. The summed E-state index contributed by atoms with van der Waals surface area (Å²) in [5.41, 5.74) is 14.3. The summed E-state index contributed by atoms with van der Waals surface area (Å²) in [6.07, 6.45) is 0. The van der Waals surface area contributed by atoms with Crippen LogP contribution >= 0.6 is 0 Å². The summed E-state index contributed by atoms with van der Waals surface area (Å²) < 4.78 is 9.54. The van der Waals surface area contributed by atoms with E-state index in [0.29, 0.717) is 0 Å². The maximum absolute atomic E-state index is 7.08. The second-order valence-corrected chi connectivity index (χ2v) is 18.0. The predicted molar refractivity (Wildman–Crippen MR) is 281 cm³/mol. The lowest BCUT2D eigenvalue weighted by molar-refractivity contribution is 0.459. The minimum absolute atomic E-state index is 0.000379. The molecule has 67 heavy (non-hydrogen) atoms. The van der Waals surface area contributed by atoms with Gasteiger partial charge >= 0.3 is 0 Å². The smallest absolute Gasteiger partial charge is 0.139 e. The number of fused-ring (bicyclic) bond motifs is 11. The van der Waals surface area contributed by atoms with Crippen molar-refractivity contribution < 1.29 is 4.74 Å². The fraction of sp³-hybridized carbons (Fsp3) is 0.0154. The Kier molecular flexibility index (Phi) is 8.38. The van der Waals surface area contributed by atoms with E-state index in [1.165, 1.54) is 98.5 Å². The van der Waals surface area contributed by atoms with Crippen LogP contribution in [0.2, 0.25) is 0 Å². The van der Waals surface area contributed by atoms with Gasteiger partial charge in [-0.3, -0.25) is 0 Å². The molecule has 1 atom stereocenters. The van der Waals surface area contributed by atoms with Crippen LogP contribution < -0.4 is 4.74 Å². The topological polar surface area (TPSA) is 14.2 Å². The van der Waals surface area contributed by atoms with E-state index in [-0.39, 0.29) is 5.92 Å². The molecule has 1 unspecified atom stereocenters. The highest BCUT2D eigenvalue weighted by Crippen LogP contribution is 2.51. The molecule has 0 saturated carbocycles. The second kappa shape index (κ2) is 14.9. The highest BCUT2D eigenvalue weighted by atomic mass is 16.5. The van der Waals surface area contributed by atoms with Crippen molar-refractivity contribution in [3.8, 4) is 50.6 Å². The van der Waals surface area contributed by atoms with Crippen LogP contribution in [0, 0.1) is 0 Å². The maximum Gasteiger partial charge on any atom is 0.139 e. The Hall–Kier alpha value is -8.72. The fourth-order valence-electron chi connectivity index (χ4n) is 11.0. The Labute approximate surface area is 388 Å². The van der Waals surface area contributed by atoms with E-state index >= 15 is 0 Å². The normalized spacial score (nSPS) is 13.3. The van der Waals surface area contributed by atoms with E-state index in [4.69, 9.17) is 4.74 Å². The van der Waals surface area contributed by atoms with E-state index in [9.17, 15) is 0 Å². The molecule has 1 aliphatic rings. The van der Waals surface area contributed by atoms with E-state index in [1.807, 2.05) is 0 Å². The molecule has 0 saturated heterocycles. The summed E-state index contributed by atoms with van der Waals surface area (Å²) in [4.78, 5) is 0. The standard InChI is InChI=1S/C65H41NO/c1-2-11-41(12-3-1)47-25-26-49-38-52(32-27-48(49)37-47)66-61-36-31-50(39-60(61)57-33-28-43-14-5-8-18-55(43)64(57)66)51-30-34-58-62(40-51)67-65-56-19-9-6-15-44(56)29-35-59(65)63(58)46-23-21-45(22-24-46)54-20-10-16-42-13-4-7-17-53(42)54/h1-40,63H. The zero-order valence-corrected chi connectivity index (χ0v) is 36.5. The third-order valence-corrected chi connectivity index (χ3v) is 14.3. The molecule has 2 heterocycles. The number of benzene rings is 12. The summed E-state index contributed by atoms with van der Waals surface area (Å²) in [5.74, 6) is 1.83. The molecule has 14 rings (SSSR count). The zero-order chi connectivity index (χ0) is 44.0.